The molecule has 0 aromatic heterocycles. The lowest BCUT2D eigenvalue weighted by Crippen LogP contribution is -2.49. The van der Waals surface area contributed by atoms with Crippen LogP contribution in [-0.4, -0.2) is 43.5 Å². The molecule has 0 bridgehead atoms. The van der Waals surface area contributed by atoms with Crippen LogP contribution in [0.4, 0.5) is 15.8 Å². The maximum atomic E-state index is 13.0. The number of hydrogen-bond donors (Lipinski definition) is 1. The quantitative estimate of drug-likeness (QED) is 0.890. The molecule has 0 unspecified atom stereocenters. The highest BCUT2D eigenvalue weighted by molar-refractivity contribution is 5.77. The zero-order valence-corrected chi connectivity index (χ0v) is 15.5. The third-order valence-electron chi connectivity index (χ3n) is 4.71. The minimum Gasteiger partial charge on any atom is -0.385 e. The van der Waals surface area contributed by atoms with Gasteiger partial charge in [0.2, 0.25) is 5.91 Å². The lowest BCUT2D eigenvalue weighted by molar-refractivity contribution is -0.131. The van der Waals surface area contributed by atoms with E-state index in [0.29, 0.717) is 26.1 Å². The fraction of sp³-hybridized carbons (Fsp3) is 0.381. The average molecular weight is 355 g/mol. The Hall–Kier alpha value is -2.56. The molecule has 0 radical (unpaired) electrons. The summed E-state index contributed by atoms with van der Waals surface area (Å²) < 4.78 is 13.0. The summed E-state index contributed by atoms with van der Waals surface area (Å²) in [6, 6.07) is 12.9. The predicted octanol–water partition coefficient (Wildman–Crippen LogP) is 3.59. The molecule has 1 heterocycles. The second-order valence-electron chi connectivity index (χ2n) is 6.90. The molecule has 4 nitrogen and oxygen atoms in total. The predicted molar refractivity (Wildman–Crippen MR) is 104 cm³/mol. The van der Waals surface area contributed by atoms with Crippen molar-refractivity contribution in [2.45, 2.75) is 20.3 Å². The third kappa shape index (κ3) is 4.75. The van der Waals surface area contributed by atoms with Gasteiger partial charge in [0.15, 0.2) is 0 Å². The summed E-state index contributed by atoms with van der Waals surface area (Å²) in [5, 5.41) is 3.34. The summed E-state index contributed by atoms with van der Waals surface area (Å²) in [6.45, 7) is 7.76. The fourth-order valence-corrected chi connectivity index (χ4v) is 3.41. The largest absolute Gasteiger partial charge is 0.385 e. The van der Waals surface area contributed by atoms with E-state index in [1.807, 2.05) is 4.90 Å². The van der Waals surface area contributed by atoms with Gasteiger partial charge in [0.05, 0.1) is 0 Å². The number of halogens is 1. The van der Waals surface area contributed by atoms with Crippen molar-refractivity contribution in [2.75, 3.05) is 42.9 Å². The number of rotatable bonds is 5. The van der Waals surface area contributed by atoms with E-state index in [0.717, 1.165) is 24.5 Å². The van der Waals surface area contributed by atoms with Crippen molar-refractivity contribution in [1.29, 1.82) is 0 Å². The van der Waals surface area contributed by atoms with Gasteiger partial charge in [-0.25, -0.2) is 4.39 Å². The third-order valence-corrected chi connectivity index (χ3v) is 4.71. The smallest absolute Gasteiger partial charge is 0.224 e. The molecule has 0 atom stereocenters. The van der Waals surface area contributed by atoms with E-state index >= 15 is 0 Å². The van der Waals surface area contributed by atoms with Crippen LogP contribution in [0.3, 0.4) is 0 Å². The molecule has 2 aromatic rings. The summed E-state index contributed by atoms with van der Waals surface area (Å²) in [5.41, 5.74) is 4.51. The normalized spacial score (nSPS) is 14.4. The Morgan fingerprint density at radius 1 is 1.00 bits per heavy atom. The van der Waals surface area contributed by atoms with Gasteiger partial charge in [-0.15, -0.1) is 0 Å². The molecule has 3 rings (SSSR count). The van der Waals surface area contributed by atoms with E-state index in [1.165, 1.54) is 23.3 Å². The number of nitrogens with one attached hydrogen (secondary N) is 1. The molecule has 0 aliphatic carbocycles. The number of nitrogens with zero attached hydrogens (tertiary/aromatic N) is 2. The van der Waals surface area contributed by atoms with E-state index in [2.05, 4.69) is 42.3 Å². The number of benzene rings is 2. The number of piperazine rings is 1. The summed E-state index contributed by atoms with van der Waals surface area (Å²) in [6.07, 6.45) is 0.490. The van der Waals surface area contributed by atoms with Gasteiger partial charge in [-0.05, 0) is 61.4 Å². The standard InChI is InChI=1S/C21H26FN3O/c1-16-13-17(2)15-19(14-16)23-8-7-21(26)25-11-9-24(10-12-25)20-5-3-18(22)4-6-20/h3-6,13-15,23H,7-12H2,1-2H3. The van der Waals surface area contributed by atoms with E-state index in [-0.39, 0.29) is 11.7 Å². The van der Waals surface area contributed by atoms with Gasteiger partial charge >= 0.3 is 0 Å². The minimum atomic E-state index is -0.223. The van der Waals surface area contributed by atoms with Gasteiger partial charge in [0.25, 0.3) is 0 Å². The second kappa shape index (κ2) is 8.21. The Kier molecular flexibility index (Phi) is 5.76. The Balaban J connectivity index is 1.44. The number of aryl methyl sites for hydroxylation is 2. The molecule has 1 fully saturated rings. The first-order chi connectivity index (χ1) is 12.5. The highest BCUT2D eigenvalue weighted by atomic mass is 19.1. The topological polar surface area (TPSA) is 35.6 Å². The molecule has 1 amide bonds. The summed E-state index contributed by atoms with van der Waals surface area (Å²) in [4.78, 5) is 16.5. The first kappa shape index (κ1) is 18.2. The molecule has 1 saturated heterocycles. The van der Waals surface area contributed by atoms with Crippen molar-refractivity contribution in [1.82, 2.24) is 4.90 Å². The maximum absolute atomic E-state index is 13.0. The fourth-order valence-electron chi connectivity index (χ4n) is 3.41. The first-order valence-corrected chi connectivity index (χ1v) is 9.12. The number of carbonyl (C=O) groups excluding carboxylic acids is 1. The lowest BCUT2D eigenvalue weighted by atomic mass is 10.1. The Bertz CT molecular complexity index is 732. The second-order valence-corrected chi connectivity index (χ2v) is 6.90. The van der Waals surface area contributed by atoms with E-state index < -0.39 is 0 Å². The monoisotopic (exact) mass is 355 g/mol. The minimum absolute atomic E-state index is 0.181. The van der Waals surface area contributed by atoms with Crippen LogP contribution < -0.4 is 10.2 Å². The van der Waals surface area contributed by atoms with Crippen molar-refractivity contribution in [3.05, 3.63) is 59.4 Å². The van der Waals surface area contributed by atoms with E-state index in [1.54, 1.807) is 12.1 Å². The highest BCUT2D eigenvalue weighted by Gasteiger charge is 2.20. The van der Waals surface area contributed by atoms with Crippen molar-refractivity contribution in [3.8, 4) is 0 Å². The Labute approximate surface area is 154 Å². The van der Waals surface area contributed by atoms with Gasteiger partial charge < -0.3 is 15.1 Å². The Morgan fingerprint density at radius 2 is 1.62 bits per heavy atom. The highest BCUT2D eigenvalue weighted by Crippen LogP contribution is 2.17. The number of hydrogen-bond acceptors (Lipinski definition) is 3. The van der Waals surface area contributed by atoms with Crippen LogP contribution in [0, 0.1) is 19.7 Å². The van der Waals surface area contributed by atoms with Crippen LogP contribution in [0.2, 0.25) is 0 Å². The number of anilines is 2. The van der Waals surface area contributed by atoms with Crippen LogP contribution in [0.5, 0.6) is 0 Å². The molecule has 2 aromatic carbocycles. The van der Waals surface area contributed by atoms with Crippen LogP contribution in [0.15, 0.2) is 42.5 Å². The molecular weight excluding hydrogens is 329 g/mol. The SMILES string of the molecule is Cc1cc(C)cc(NCCC(=O)N2CCN(c3ccc(F)cc3)CC2)c1. The average Bonchev–Trinajstić information content (AvgIpc) is 2.62. The van der Waals surface area contributed by atoms with Gasteiger partial charge in [0.1, 0.15) is 5.82 Å². The van der Waals surface area contributed by atoms with Crippen molar-refractivity contribution in [3.63, 3.8) is 0 Å². The maximum Gasteiger partial charge on any atom is 0.224 e. The van der Waals surface area contributed by atoms with Gasteiger partial charge in [0, 0.05) is 50.5 Å². The van der Waals surface area contributed by atoms with Gasteiger partial charge in [-0.2, -0.15) is 0 Å². The number of amides is 1. The molecule has 1 N–H and O–H groups in total. The van der Waals surface area contributed by atoms with E-state index in [9.17, 15) is 9.18 Å². The van der Waals surface area contributed by atoms with Crippen LogP contribution in [-0.2, 0) is 4.79 Å². The molecule has 0 spiro atoms. The van der Waals surface area contributed by atoms with Crippen molar-refractivity contribution >= 4 is 17.3 Å². The molecular formula is C21H26FN3O. The zero-order chi connectivity index (χ0) is 18.5. The first-order valence-electron chi connectivity index (χ1n) is 9.12. The summed E-state index contributed by atoms with van der Waals surface area (Å²) >= 11 is 0. The van der Waals surface area contributed by atoms with Gasteiger partial charge in [-0.3, -0.25) is 4.79 Å². The molecule has 5 heteroatoms. The van der Waals surface area contributed by atoms with Gasteiger partial charge in [-0.1, -0.05) is 6.07 Å². The summed E-state index contributed by atoms with van der Waals surface area (Å²) in [7, 11) is 0. The number of carbonyl (C=O) groups is 1. The van der Waals surface area contributed by atoms with Crippen molar-refractivity contribution in [2.24, 2.45) is 0 Å². The van der Waals surface area contributed by atoms with Crippen LogP contribution >= 0.6 is 0 Å². The van der Waals surface area contributed by atoms with Crippen LogP contribution in [0.25, 0.3) is 0 Å². The lowest BCUT2D eigenvalue weighted by Gasteiger charge is -2.36. The molecule has 1 aliphatic rings. The molecule has 138 valence electrons. The molecule has 0 saturated carbocycles. The Morgan fingerprint density at radius 3 is 2.23 bits per heavy atom. The molecule has 1 aliphatic heterocycles. The summed E-state index contributed by atoms with van der Waals surface area (Å²) in [5.74, 6) is -0.0421. The van der Waals surface area contributed by atoms with Crippen LogP contribution in [0.1, 0.15) is 17.5 Å². The van der Waals surface area contributed by atoms with E-state index in [4.69, 9.17) is 0 Å². The molecule has 26 heavy (non-hydrogen) atoms. The van der Waals surface area contributed by atoms with Crippen molar-refractivity contribution < 1.29 is 9.18 Å². The zero-order valence-electron chi connectivity index (χ0n) is 15.5.